The molecule has 0 radical (unpaired) electrons. The lowest BCUT2D eigenvalue weighted by Crippen LogP contribution is -1.98. The van der Waals surface area contributed by atoms with Crippen LogP contribution < -0.4 is 0 Å². The fourth-order valence-electron chi connectivity index (χ4n) is 9.85. The second-order valence-corrected chi connectivity index (χ2v) is 16.7. The van der Waals surface area contributed by atoms with Crippen molar-refractivity contribution >= 4 is 96.7 Å². The Morgan fingerprint density at radius 2 is 0.966 bits per heavy atom. The van der Waals surface area contributed by atoms with E-state index in [-0.39, 0.29) is 0 Å². The van der Waals surface area contributed by atoms with Crippen molar-refractivity contribution in [1.82, 2.24) is 9.13 Å². The highest BCUT2D eigenvalue weighted by Crippen LogP contribution is 2.46. The number of hydrogen-bond donors (Lipinski definition) is 0. The summed E-state index contributed by atoms with van der Waals surface area (Å²) in [5.41, 5.74) is 12.0. The lowest BCUT2D eigenvalue weighted by molar-refractivity contribution is 1.17. The molecule has 10 aromatic carbocycles. The van der Waals surface area contributed by atoms with Gasteiger partial charge >= 0.3 is 0 Å². The molecular formula is C56H34N2S. The van der Waals surface area contributed by atoms with Crippen LogP contribution in [0.15, 0.2) is 206 Å². The van der Waals surface area contributed by atoms with Gasteiger partial charge in [0.15, 0.2) is 0 Å². The predicted molar refractivity (Wildman–Crippen MR) is 254 cm³/mol. The minimum absolute atomic E-state index is 1.14. The Morgan fingerprint density at radius 3 is 1.81 bits per heavy atom. The summed E-state index contributed by atoms with van der Waals surface area (Å²) in [5, 5.41) is 12.7. The van der Waals surface area contributed by atoms with Crippen molar-refractivity contribution in [3.05, 3.63) is 206 Å². The molecule has 0 fully saturated rings. The summed E-state index contributed by atoms with van der Waals surface area (Å²) in [4.78, 5) is 0. The van der Waals surface area contributed by atoms with Gasteiger partial charge in [0, 0.05) is 53.0 Å². The maximum atomic E-state index is 2.55. The Bertz CT molecular complexity index is 3820. The monoisotopic (exact) mass is 766 g/mol. The Kier molecular flexibility index (Phi) is 6.92. The van der Waals surface area contributed by atoms with Crippen LogP contribution in [0.2, 0.25) is 0 Å². The molecule has 0 atom stereocenters. The zero-order valence-electron chi connectivity index (χ0n) is 31.9. The molecule has 13 aromatic rings. The van der Waals surface area contributed by atoms with E-state index in [4.69, 9.17) is 0 Å². The molecule has 0 aliphatic rings. The third-order valence-corrected chi connectivity index (χ3v) is 13.6. The molecule has 2 nitrogen and oxygen atoms in total. The summed E-state index contributed by atoms with van der Waals surface area (Å²) in [6.45, 7) is 0. The van der Waals surface area contributed by atoms with E-state index in [1.54, 1.807) is 0 Å². The number of hydrogen-bond acceptors (Lipinski definition) is 1. The van der Waals surface area contributed by atoms with Crippen molar-refractivity contribution in [3.8, 4) is 33.6 Å². The maximum Gasteiger partial charge on any atom is 0.0562 e. The molecule has 59 heavy (non-hydrogen) atoms. The van der Waals surface area contributed by atoms with Crippen LogP contribution in [0.3, 0.4) is 0 Å². The number of rotatable bonds is 4. The number of thiophene rings is 1. The summed E-state index contributed by atoms with van der Waals surface area (Å²) in [6.07, 6.45) is 0. The average Bonchev–Trinajstić information content (AvgIpc) is 3.95. The van der Waals surface area contributed by atoms with Crippen LogP contribution in [0.4, 0.5) is 0 Å². The van der Waals surface area contributed by atoms with Crippen molar-refractivity contribution in [2.45, 2.75) is 0 Å². The summed E-state index contributed by atoms with van der Waals surface area (Å²) in [6, 6.07) is 76.3. The van der Waals surface area contributed by atoms with Gasteiger partial charge in [-0.1, -0.05) is 152 Å². The molecule has 0 unspecified atom stereocenters. The van der Waals surface area contributed by atoms with E-state index in [1.807, 2.05) is 11.3 Å². The largest absolute Gasteiger partial charge is 0.309 e. The predicted octanol–water partition coefficient (Wildman–Crippen LogP) is 15.9. The quantitative estimate of drug-likeness (QED) is 0.169. The second-order valence-electron chi connectivity index (χ2n) is 15.7. The maximum absolute atomic E-state index is 2.55. The van der Waals surface area contributed by atoms with Gasteiger partial charge in [0.05, 0.1) is 27.8 Å². The van der Waals surface area contributed by atoms with Gasteiger partial charge in [-0.05, 0) is 92.8 Å². The minimum Gasteiger partial charge on any atom is -0.309 e. The highest BCUT2D eigenvalue weighted by atomic mass is 32.1. The van der Waals surface area contributed by atoms with Crippen molar-refractivity contribution in [2.75, 3.05) is 0 Å². The van der Waals surface area contributed by atoms with Crippen molar-refractivity contribution in [2.24, 2.45) is 0 Å². The molecule has 13 rings (SSSR count). The van der Waals surface area contributed by atoms with Crippen molar-refractivity contribution in [1.29, 1.82) is 0 Å². The van der Waals surface area contributed by atoms with Gasteiger partial charge in [0.25, 0.3) is 0 Å². The van der Waals surface area contributed by atoms with E-state index < -0.39 is 0 Å². The molecule has 0 saturated heterocycles. The van der Waals surface area contributed by atoms with E-state index >= 15 is 0 Å². The highest BCUT2D eigenvalue weighted by molar-refractivity contribution is 7.25. The van der Waals surface area contributed by atoms with E-state index in [1.165, 1.54) is 113 Å². The Labute approximate surface area is 344 Å². The van der Waals surface area contributed by atoms with Crippen LogP contribution in [0, 0.1) is 0 Å². The van der Waals surface area contributed by atoms with E-state index in [2.05, 4.69) is 215 Å². The zero-order chi connectivity index (χ0) is 38.6. The Balaban J connectivity index is 1.14. The molecule has 0 amide bonds. The van der Waals surface area contributed by atoms with Gasteiger partial charge in [0.1, 0.15) is 0 Å². The average molecular weight is 767 g/mol. The van der Waals surface area contributed by atoms with Crippen LogP contribution in [0.25, 0.3) is 119 Å². The van der Waals surface area contributed by atoms with E-state index in [0.29, 0.717) is 0 Å². The van der Waals surface area contributed by atoms with Crippen molar-refractivity contribution < 1.29 is 0 Å². The van der Waals surface area contributed by atoms with Gasteiger partial charge < -0.3 is 9.13 Å². The molecule has 0 spiro atoms. The molecule has 0 saturated carbocycles. The van der Waals surface area contributed by atoms with Crippen LogP contribution in [-0.4, -0.2) is 9.13 Å². The van der Waals surface area contributed by atoms with Gasteiger partial charge in [0.2, 0.25) is 0 Å². The standard InChI is InChI=1S/C56H34N2S/c1-2-13-36(14-3-1)45-33-55-47(44-21-9-11-24-54(44)59-55)32-51(45)58-50-30-27-37-16-5-7-19-42(37)56(50)48-31-46-43-20-8-10-23-49(43)57(52(46)34-53(48)58)39-28-25-38(26-29-39)41-22-12-17-35-15-4-6-18-40(35)41/h1-34H. The lowest BCUT2D eigenvalue weighted by Gasteiger charge is -2.16. The van der Waals surface area contributed by atoms with E-state index in [0.717, 1.165) is 5.69 Å². The summed E-state index contributed by atoms with van der Waals surface area (Å²) in [7, 11) is 0. The second kappa shape index (κ2) is 12.5. The molecule has 0 aliphatic carbocycles. The summed E-state index contributed by atoms with van der Waals surface area (Å²) < 4.78 is 7.63. The number of fused-ring (bicyclic) bond motifs is 12. The van der Waals surface area contributed by atoms with Gasteiger partial charge in [-0.3, -0.25) is 0 Å². The molecule has 0 N–H and O–H groups in total. The Hall–Kier alpha value is -7.46. The van der Waals surface area contributed by atoms with Crippen LogP contribution in [0.5, 0.6) is 0 Å². The molecule has 3 aromatic heterocycles. The lowest BCUT2D eigenvalue weighted by atomic mass is 9.98. The topological polar surface area (TPSA) is 9.86 Å². The molecule has 3 heteroatoms. The summed E-state index contributed by atoms with van der Waals surface area (Å²) >= 11 is 1.88. The third kappa shape index (κ3) is 4.80. The van der Waals surface area contributed by atoms with Gasteiger partial charge in [-0.15, -0.1) is 11.3 Å². The van der Waals surface area contributed by atoms with Crippen molar-refractivity contribution in [3.63, 3.8) is 0 Å². The van der Waals surface area contributed by atoms with E-state index in [9.17, 15) is 0 Å². The minimum atomic E-state index is 1.14. The fraction of sp³-hybridized carbons (Fsp3) is 0. The van der Waals surface area contributed by atoms with Gasteiger partial charge in [-0.25, -0.2) is 0 Å². The van der Waals surface area contributed by atoms with Crippen LogP contribution in [0.1, 0.15) is 0 Å². The molecular weight excluding hydrogens is 733 g/mol. The molecule has 3 heterocycles. The highest BCUT2D eigenvalue weighted by Gasteiger charge is 2.22. The number of para-hydroxylation sites is 1. The molecule has 0 aliphatic heterocycles. The number of aromatic nitrogens is 2. The first-order valence-corrected chi connectivity index (χ1v) is 21.1. The van der Waals surface area contributed by atoms with Crippen LogP contribution in [-0.2, 0) is 0 Å². The SMILES string of the molecule is c1ccc(-c2cc3sc4ccccc4c3cc2-n2c3cc4c(cc3c3c5ccccc5ccc32)c2ccccc2n4-c2ccc(-c3cccc4ccccc34)cc2)cc1. The van der Waals surface area contributed by atoms with Crippen LogP contribution >= 0.6 is 11.3 Å². The first-order chi connectivity index (χ1) is 29.3. The third-order valence-electron chi connectivity index (χ3n) is 12.5. The normalized spacial score (nSPS) is 12.1. The van der Waals surface area contributed by atoms with Gasteiger partial charge in [-0.2, -0.15) is 0 Å². The summed E-state index contributed by atoms with van der Waals surface area (Å²) in [5.74, 6) is 0. The fourth-order valence-corrected chi connectivity index (χ4v) is 11.0. The zero-order valence-corrected chi connectivity index (χ0v) is 32.7. The Morgan fingerprint density at radius 1 is 0.305 bits per heavy atom. The molecule has 0 bridgehead atoms. The first kappa shape index (κ1) is 32.6. The first-order valence-electron chi connectivity index (χ1n) is 20.3. The molecule has 274 valence electrons. The number of nitrogens with zero attached hydrogens (tertiary/aromatic N) is 2. The smallest absolute Gasteiger partial charge is 0.0562 e. The number of benzene rings is 10.